The molecule has 0 radical (unpaired) electrons. The molecule has 1 rings (SSSR count). The van der Waals surface area contributed by atoms with Crippen LogP contribution < -0.4 is 0 Å². The van der Waals surface area contributed by atoms with E-state index in [2.05, 4.69) is 9.72 Å². The summed E-state index contributed by atoms with van der Waals surface area (Å²) >= 11 is 11.3. The van der Waals surface area contributed by atoms with Gasteiger partial charge in [0.25, 0.3) is 0 Å². The minimum absolute atomic E-state index is 0.0427. The molecule has 0 aliphatic carbocycles. The summed E-state index contributed by atoms with van der Waals surface area (Å²) in [6, 6.07) is 1.36. The molecule has 0 unspecified atom stereocenters. The lowest BCUT2D eigenvalue weighted by Gasteiger charge is -2.06. The first-order chi connectivity index (χ1) is 6.60. The molecule has 0 aliphatic rings. The Labute approximate surface area is 90.4 Å². The fourth-order valence-corrected chi connectivity index (χ4v) is 1.52. The Hall–Kier alpha value is -0.840. The number of hydrogen-bond donors (Lipinski definition) is 1. The van der Waals surface area contributed by atoms with Gasteiger partial charge in [-0.15, -0.1) is 0 Å². The van der Waals surface area contributed by atoms with E-state index in [9.17, 15) is 4.79 Å². The number of hydrogen-bond acceptors (Lipinski definition) is 4. The van der Waals surface area contributed by atoms with Crippen molar-refractivity contribution >= 4 is 29.2 Å². The summed E-state index contributed by atoms with van der Waals surface area (Å²) in [6.45, 7) is -0.355. The van der Waals surface area contributed by atoms with E-state index in [0.29, 0.717) is 5.56 Å². The summed E-state index contributed by atoms with van der Waals surface area (Å²) in [7, 11) is 1.22. The maximum atomic E-state index is 11.2. The summed E-state index contributed by atoms with van der Waals surface area (Å²) in [6.07, 6.45) is 0. The van der Waals surface area contributed by atoms with Crippen molar-refractivity contribution in [2.45, 2.75) is 6.61 Å². The zero-order valence-electron chi connectivity index (χ0n) is 7.25. The first-order valence-corrected chi connectivity index (χ1v) is 4.39. The molecule has 1 heterocycles. The predicted molar refractivity (Wildman–Crippen MR) is 51.5 cm³/mol. The molecule has 4 nitrogen and oxygen atoms in total. The van der Waals surface area contributed by atoms with E-state index in [-0.39, 0.29) is 22.5 Å². The smallest absolute Gasteiger partial charge is 0.341 e. The number of aliphatic hydroxyl groups excluding tert-OH is 1. The normalized spacial score (nSPS) is 10.0. The second-order valence-electron chi connectivity index (χ2n) is 2.42. The van der Waals surface area contributed by atoms with Crippen LogP contribution in [0.2, 0.25) is 10.3 Å². The molecule has 0 aromatic carbocycles. The van der Waals surface area contributed by atoms with Crippen LogP contribution in [-0.4, -0.2) is 23.2 Å². The van der Waals surface area contributed by atoms with Crippen molar-refractivity contribution in [2.75, 3.05) is 7.11 Å². The highest BCUT2D eigenvalue weighted by molar-refractivity contribution is 6.34. The summed E-state index contributed by atoms with van der Waals surface area (Å²) in [5.41, 5.74) is 0.336. The van der Waals surface area contributed by atoms with Crippen molar-refractivity contribution in [3.05, 3.63) is 27.5 Å². The average Bonchev–Trinajstić information content (AvgIpc) is 2.15. The summed E-state index contributed by atoms with van der Waals surface area (Å²) < 4.78 is 4.48. The number of rotatable bonds is 2. The number of carbonyl (C=O) groups is 1. The van der Waals surface area contributed by atoms with Crippen molar-refractivity contribution in [1.29, 1.82) is 0 Å². The van der Waals surface area contributed by atoms with Crippen molar-refractivity contribution in [2.24, 2.45) is 0 Å². The van der Waals surface area contributed by atoms with Crippen LogP contribution in [0.3, 0.4) is 0 Å². The minimum Gasteiger partial charge on any atom is -0.465 e. The van der Waals surface area contributed by atoms with Crippen molar-refractivity contribution in [3.8, 4) is 0 Å². The number of aliphatic hydroxyl groups is 1. The Bertz CT molecular complexity index is 368. The number of pyridine rings is 1. The summed E-state index contributed by atoms with van der Waals surface area (Å²) in [5.74, 6) is -0.650. The Kier molecular flexibility index (Phi) is 3.69. The van der Waals surface area contributed by atoms with E-state index in [1.165, 1.54) is 13.2 Å². The molecule has 76 valence electrons. The fraction of sp³-hybridized carbons (Fsp3) is 0.250. The average molecular weight is 236 g/mol. The molecule has 0 spiro atoms. The topological polar surface area (TPSA) is 59.4 Å². The molecule has 1 N–H and O–H groups in total. The third kappa shape index (κ3) is 2.15. The van der Waals surface area contributed by atoms with Gasteiger partial charge in [-0.1, -0.05) is 23.2 Å². The Morgan fingerprint density at radius 1 is 1.64 bits per heavy atom. The maximum absolute atomic E-state index is 11.2. The fourth-order valence-electron chi connectivity index (χ4n) is 0.972. The van der Waals surface area contributed by atoms with E-state index in [1.807, 2.05) is 0 Å². The number of methoxy groups -OCH3 is 1. The van der Waals surface area contributed by atoms with Gasteiger partial charge in [0.2, 0.25) is 0 Å². The highest BCUT2D eigenvalue weighted by Gasteiger charge is 2.17. The third-order valence-corrected chi connectivity index (χ3v) is 2.05. The zero-order valence-corrected chi connectivity index (χ0v) is 8.76. The van der Waals surface area contributed by atoms with E-state index in [0.717, 1.165) is 0 Å². The number of esters is 1. The van der Waals surface area contributed by atoms with Crippen molar-refractivity contribution in [1.82, 2.24) is 4.98 Å². The number of nitrogens with zero attached hydrogens (tertiary/aromatic N) is 1. The molecule has 0 saturated heterocycles. The van der Waals surface area contributed by atoms with E-state index < -0.39 is 5.97 Å². The van der Waals surface area contributed by atoms with E-state index >= 15 is 0 Å². The van der Waals surface area contributed by atoms with Crippen LogP contribution >= 0.6 is 23.2 Å². The lowest BCUT2D eigenvalue weighted by atomic mass is 10.1. The van der Waals surface area contributed by atoms with Crippen molar-refractivity contribution < 1.29 is 14.6 Å². The van der Waals surface area contributed by atoms with Crippen molar-refractivity contribution in [3.63, 3.8) is 0 Å². The van der Waals surface area contributed by atoms with Crippen LogP contribution in [-0.2, 0) is 11.3 Å². The van der Waals surface area contributed by atoms with E-state index in [1.54, 1.807) is 0 Å². The predicted octanol–water partition coefficient (Wildman–Crippen LogP) is 1.67. The zero-order chi connectivity index (χ0) is 10.7. The molecular weight excluding hydrogens is 229 g/mol. The molecule has 0 saturated carbocycles. The quantitative estimate of drug-likeness (QED) is 0.626. The molecule has 0 atom stereocenters. The first-order valence-electron chi connectivity index (χ1n) is 3.64. The van der Waals surface area contributed by atoms with Crippen LogP contribution in [0.15, 0.2) is 6.07 Å². The van der Waals surface area contributed by atoms with Crippen LogP contribution in [0.25, 0.3) is 0 Å². The van der Waals surface area contributed by atoms with E-state index in [4.69, 9.17) is 28.3 Å². The van der Waals surface area contributed by atoms with Crippen LogP contribution in [0.1, 0.15) is 15.9 Å². The van der Waals surface area contributed by atoms with Crippen LogP contribution in [0.5, 0.6) is 0 Å². The molecular formula is C8H7Cl2NO3. The monoisotopic (exact) mass is 235 g/mol. The van der Waals surface area contributed by atoms with Crippen LogP contribution in [0, 0.1) is 0 Å². The molecule has 1 aromatic heterocycles. The van der Waals surface area contributed by atoms with Gasteiger partial charge in [-0.25, -0.2) is 9.78 Å². The Morgan fingerprint density at radius 2 is 2.29 bits per heavy atom. The number of carbonyl (C=O) groups excluding carboxylic acids is 1. The molecule has 14 heavy (non-hydrogen) atoms. The standard InChI is InChI=1S/C8H7Cl2NO3/c1-14-8(13)6-4(3-12)2-5(9)11-7(6)10/h2,12H,3H2,1H3. The molecule has 0 amide bonds. The van der Waals surface area contributed by atoms with Gasteiger partial charge in [0.05, 0.1) is 13.7 Å². The van der Waals surface area contributed by atoms with Gasteiger partial charge in [0.15, 0.2) is 0 Å². The molecule has 1 aromatic rings. The molecule has 0 aliphatic heterocycles. The van der Waals surface area contributed by atoms with Crippen LogP contribution in [0.4, 0.5) is 0 Å². The van der Waals surface area contributed by atoms with Gasteiger partial charge in [0.1, 0.15) is 15.9 Å². The van der Waals surface area contributed by atoms with Gasteiger partial charge in [-0.2, -0.15) is 0 Å². The molecule has 0 fully saturated rings. The minimum atomic E-state index is -0.650. The summed E-state index contributed by atoms with van der Waals surface area (Å²) in [4.78, 5) is 14.9. The maximum Gasteiger partial charge on any atom is 0.341 e. The largest absolute Gasteiger partial charge is 0.465 e. The Balaban J connectivity index is 3.32. The SMILES string of the molecule is COC(=O)c1c(CO)cc(Cl)nc1Cl. The van der Waals surface area contributed by atoms with Gasteiger partial charge < -0.3 is 9.84 Å². The second kappa shape index (κ2) is 4.59. The number of aromatic nitrogens is 1. The van der Waals surface area contributed by atoms with Gasteiger partial charge >= 0.3 is 5.97 Å². The number of ether oxygens (including phenoxy) is 1. The third-order valence-electron chi connectivity index (χ3n) is 1.59. The number of halogens is 2. The highest BCUT2D eigenvalue weighted by atomic mass is 35.5. The van der Waals surface area contributed by atoms with Gasteiger partial charge in [-0.3, -0.25) is 0 Å². The summed E-state index contributed by atoms with van der Waals surface area (Å²) in [5, 5.41) is 9.00. The highest BCUT2D eigenvalue weighted by Crippen LogP contribution is 2.22. The molecule has 6 heteroatoms. The Morgan fingerprint density at radius 3 is 2.79 bits per heavy atom. The first kappa shape index (κ1) is 11.2. The second-order valence-corrected chi connectivity index (χ2v) is 3.16. The lowest BCUT2D eigenvalue weighted by Crippen LogP contribution is -2.08. The van der Waals surface area contributed by atoms with Gasteiger partial charge in [-0.05, 0) is 11.6 Å². The van der Waals surface area contributed by atoms with Gasteiger partial charge in [0, 0.05) is 0 Å². The lowest BCUT2D eigenvalue weighted by molar-refractivity contribution is 0.0597. The molecule has 0 bridgehead atoms.